The van der Waals surface area contributed by atoms with Gasteiger partial charge in [0.05, 0.1) is 15.9 Å². The Morgan fingerprint density at radius 2 is 1.83 bits per heavy atom. The summed E-state index contributed by atoms with van der Waals surface area (Å²) in [5.41, 5.74) is 0.754. The van der Waals surface area contributed by atoms with Gasteiger partial charge in [-0.1, -0.05) is 18.2 Å². The van der Waals surface area contributed by atoms with Crippen LogP contribution in [0.1, 0.15) is 11.5 Å². The molecule has 0 atom stereocenters. The van der Waals surface area contributed by atoms with Crippen molar-refractivity contribution in [3.63, 3.8) is 0 Å². The van der Waals surface area contributed by atoms with E-state index in [1.165, 1.54) is 11.3 Å². The first-order chi connectivity index (χ1) is 8.47. The second kappa shape index (κ2) is 3.65. The molecule has 0 aliphatic heterocycles. The number of hydrogen-bond acceptors (Lipinski definition) is 3. The summed E-state index contributed by atoms with van der Waals surface area (Å²) in [6, 6.07) is 7.29. The zero-order valence-corrected chi connectivity index (χ0v) is 10.1. The Morgan fingerprint density at radius 1 is 1.11 bits per heavy atom. The minimum absolute atomic E-state index is 0.369. The first-order valence-corrected chi connectivity index (χ1v) is 6.01. The van der Waals surface area contributed by atoms with E-state index in [1.807, 2.05) is 12.1 Å². The zero-order chi connectivity index (χ0) is 12.9. The summed E-state index contributed by atoms with van der Waals surface area (Å²) in [6.07, 6.45) is -4.51. The van der Waals surface area contributed by atoms with Crippen molar-refractivity contribution < 1.29 is 13.2 Å². The molecular formula is C12H7F3N2S. The van der Waals surface area contributed by atoms with Crippen molar-refractivity contribution in [1.82, 2.24) is 9.97 Å². The second-order valence-corrected chi connectivity index (χ2v) is 4.96. The molecule has 0 aliphatic rings. The summed E-state index contributed by atoms with van der Waals surface area (Å²) in [5, 5.41) is 0.744. The molecule has 0 bridgehead atoms. The van der Waals surface area contributed by atoms with Gasteiger partial charge in [0.2, 0.25) is 5.82 Å². The highest BCUT2D eigenvalue weighted by Gasteiger charge is 2.35. The number of rotatable bonds is 0. The zero-order valence-electron chi connectivity index (χ0n) is 9.25. The summed E-state index contributed by atoms with van der Waals surface area (Å²) >= 11 is 1.42. The van der Waals surface area contributed by atoms with Crippen molar-refractivity contribution in [2.75, 3.05) is 0 Å². The highest BCUT2D eigenvalue weighted by atomic mass is 32.1. The molecule has 6 heteroatoms. The van der Waals surface area contributed by atoms with E-state index < -0.39 is 12.0 Å². The highest BCUT2D eigenvalue weighted by Crippen LogP contribution is 2.36. The van der Waals surface area contributed by atoms with Crippen LogP contribution in [0.5, 0.6) is 0 Å². The van der Waals surface area contributed by atoms with Gasteiger partial charge in [0, 0.05) is 10.1 Å². The van der Waals surface area contributed by atoms with Gasteiger partial charge in [0.15, 0.2) is 0 Å². The molecule has 2 nitrogen and oxygen atoms in total. The molecule has 0 saturated heterocycles. The number of fused-ring (bicyclic) bond motifs is 3. The van der Waals surface area contributed by atoms with Crippen molar-refractivity contribution >= 4 is 31.6 Å². The lowest BCUT2D eigenvalue weighted by atomic mass is 10.2. The molecule has 0 unspecified atom stereocenters. The molecule has 3 rings (SSSR count). The summed E-state index contributed by atoms with van der Waals surface area (Å²) in [7, 11) is 0. The smallest absolute Gasteiger partial charge is 0.228 e. The average Bonchev–Trinajstić information content (AvgIpc) is 2.67. The topological polar surface area (TPSA) is 25.8 Å². The number of aryl methyl sites for hydroxylation is 1. The SMILES string of the molecule is Cc1nc(C(F)(F)F)nc2c1sc1ccccc12. The van der Waals surface area contributed by atoms with Crippen LogP contribution in [-0.4, -0.2) is 9.97 Å². The third-order valence-corrected chi connectivity index (χ3v) is 3.91. The Labute approximate surface area is 104 Å². The number of halogens is 3. The van der Waals surface area contributed by atoms with Crippen LogP contribution in [0.4, 0.5) is 13.2 Å². The van der Waals surface area contributed by atoms with Crippen LogP contribution in [-0.2, 0) is 6.18 Å². The Hall–Kier alpha value is -1.69. The maximum absolute atomic E-state index is 12.7. The standard InChI is InChI=1S/C12H7F3N2S/c1-6-10-9(17-11(16-6)12(13,14)15)7-4-2-3-5-8(7)18-10/h2-5H,1H3. The lowest BCUT2D eigenvalue weighted by Crippen LogP contribution is -2.11. The molecule has 2 heterocycles. The monoisotopic (exact) mass is 268 g/mol. The van der Waals surface area contributed by atoms with E-state index >= 15 is 0 Å². The Bertz CT molecular complexity index is 746. The van der Waals surface area contributed by atoms with Crippen molar-refractivity contribution in [3.8, 4) is 0 Å². The summed E-state index contributed by atoms with van der Waals surface area (Å²) in [4.78, 5) is 7.21. The quantitative estimate of drug-likeness (QED) is 0.611. The molecule has 0 radical (unpaired) electrons. The van der Waals surface area contributed by atoms with Gasteiger partial charge in [-0.25, -0.2) is 9.97 Å². The van der Waals surface area contributed by atoms with E-state index in [0.717, 1.165) is 10.1 Å². The van der Waals surface area contributed by atoms with Gasteiger partial charge >= 0.3 is 6.18 Å². The van der Waals surface area contributed by atoms with Crippen molar-refractivity contribution in [3.05, 3.63) is 35.8 Å². The minimum atomic E-state index is -4.51. The molecule has 0 fully saturated rings. The van der Waals surface area contributed by atoms with E-state index in [0.29, 0.717) is 15.9 Å². The summed E-state index contributed by atoms with van der Waals surface area (Å²) in [5.74, 6) is -1.07. The third-order valence-electron chi connectivity index (χ3n) is 2.64. The number of benzene rings is 1. The third kappa shape index (κ3) is 1.64. The first kappa shape index (κ1) is 11.4. The fourth-order valence-electron chi connectivity index (χ4n) is 1.86. The Morgan fingerprint density at radius 3 is 2.56 bits per heavy atom. The summed E-state index contributed by atoms with van der Waals surface area (Å²) < 4.78 is 39.7. The molecule has 3 aromatic rings. The Balaban J connectivity index is 2.44. The van der Waals surface area contributed by atoms with Gasteiger partial charge in [-0.15, -0.1) is 11.3 Å². The van der Waals surface area contributed by atoms with Gasteiger partial charge in [-0.2, -0.15) is 13.2 Å². The molecule has 92 valence electrons. The first-order valence-electron chi connectivity index (χ1n) is 5.20. The van der Waals surface area contributed by atoms with Crippen molar-refractivity contribution in [1.29, 1.82) is 0 Å². The maximum Gasteiger partial charge on any atom is 0.451 e. The minimum Gasteiger partial charge on any atom is -0.228 e. The molecular weight excluding hydrogens is 261 g/mol. The number of nitrogens with zero attached hydrogens (tertiary/aromatic N) is 2. The van der Waals surface area contributed by atoms with Gasteiger partial charge in [0.1, 0.15) is 0 Å². The van der Waals surface area contributed by atoms with Gasteiger partial charge in [0.25, 0.3) is 0 Å². The molecule has 0 amide bonds. The molecule has 2 aromatic heterocycles. The molecule has 1 aromatic carbocycles. The number of hydrogen-bond donors (Lipinski definition) is 0. The van der Waals surface area contributed by atoms with Gasteiger partial charge in [-0.3, -0.25) is 0 Å². The molecule has 0 aliphatic carbocycles. The Kier molecular flexibility index (Phi) is 2.31. The predicted octanol–water partition coefficient (Wildman–Crippen LogP) is 4.17. The van der Waals surface area contributed by atoms with E-state index in [4.69, 9.17) is 0 Å². The molecule has 18 heavy (non-hydrogen) atoms. The average molecular weight is 268 g/mol. The molecule has 0 spiro atoms. The molecule has 0 N–H and O–H groups in total. The predicted molar refractivity (Wildman–Crippen MR) is 64.7 cm³/mol. The van der Waals surface area contributed by atoms with Crippen LogP contribution in [0.15, 0.2) is 24.3 Å². The second-order valence-electron chi connectivity index (χ2n) is 3.91. The van der Waals surface area contributed by atoms with E-state index in [-0.39, 0.29) is 0 Å². The summed E-state index contributed by atoms with van der Waals surface area (Å²) in [6.45, 7) is 1.58. The van der Waals surface area contributed by atoms with Gasteiger partial charge in [-0.05, 0) is 13.0 Å². The molecule has 0 saturated carbocycles. The van der Waals surface area contributed by atoms with Gasteiger partial charge < -0.3 is 0 Å². The van der Waals surface area contributed by atoms with Crippen LogP contribution < -0.4 is 0 Å². The van der Waals surface area contributed by atoms with Crippen LogP contribution in [0.25, 0.3) is 20.3 Å². The largest absolute Gasteiger partial charge is 0.451 e. The lowest BCUT2D eigenvalue weighted by Gasteiger charge is -2.05. The van der Waals surface area contributed by atoms with Crippen LogP contribution in [0.3, 0.4) is 0 Å². The lowest BCUT2D eigenvalue weighted by molar-refractivity contribution is -0.144. The van der Waals surface area contributed by atoms with E-state index in [1.54, 1.807) is 19.1 Å². The van der Waals surface area contributed by atoms with Crippen molar-refractivity contribution in [2.45, 2.75) is 13.1 Å². The van der Waals surface area contributed by atoms with Crippen LogP contribution in [0, 0.1) is 6.92 Å². The maximum atomic E-state index is 12.7. The van der Waals surface area contributed by atoms with Crippen LogP contribution >= 0.6 is 11.3 Å². The van der Waals surface area contributed by atoms with E-state index in [9.17, 15) is 13.2 Å². The van der Waals surface area contributed by atoms with Crippen LogP contribution in [0.2, 0.25) is 0 Å². The van der Waals surface area contributed by atoms with Crippen molar-refractivity contribution in [2.24, 2.45) is 0 Å². The number of thiophene rings is 1. The fourth-order valence-corrected chi connectivity index (χ4v) is 2.94. The number of alkyl halides is 3. The number of aromatic nitrogens is 2. The van der Waals surface area contributed by atoms with E-state index in [2.05, 4.69) is 9.97 Å². The normalized spacial score (nSPS) is 12.4. The fraction of sp³-hybridized carbons (Fsp3) is 0.167. The highest BCUT2D eigenvalue weighted by molar-refractivity contribution is 7.25.